The van der Waals surface area contributed by atoms with Crippen LogP contribution < -0.4 is 0 Å². The first-order valence-electron chi connectivity index (χ1n) is 10.1. The molecule has 0 aromatic carbocycles. The van der Waals surface area contributed by atoms with Crippen LogP contribution in [0.3, 0.4) is 0 Å². The highest BCUT2D eigenvalue weighted by molar-refractivity contribution is 6.74. The topological polar surface area (TPSA) is 66.5 Å². The molecule has 0 heterocycles. The molecule has 168 valence electrons. The molecule has 0 aromatic heterocycles. The number of hydrogen-bond donors (Lipinski definition) is 0. The summed E-state index contributed by atoms with van der Waals surface area (Å²) in [7, 11) is 0.00808. The Morgan fingerprint density at radius 3 is 1.64 bits per heavy atom. The minimum Gasteiger partial charge on any atom is -0.444 e. The highest BCUT2D eigenvalue weighted by atomic mass is 28.4. The lowest BCUT2D eigenvalue weighted by Gasteiger charge is -2.36. The highest BCUT2D eigenvalue weighted by Gasteiger charge is 2.36. The Hall–Kier alpha value is -0.673. The molecule has 0 aliphatic carbocycles. The average molecular weight is 422 g/mol. The van der Waals surface area contributed by atoms with Crippen LogP contribution in [0, 0.1) is 0 Å². The molecule has 0 unspecified atom stereocenters. The minimum atomic E-state index is -1.69. The fourth-order valence-corrected chi connectivity index (χ4v) is 2.77. The molecule has 0 radical (unpaired) electrons. The van der Waals surface area contributed by atoms with Gasteiger partial charge in [0.15, 0.2) is 8.32 Å². The molecule has 1 amide bonds. The van der Waals surface area contributed by atoms with E-state index in [9.17, 15) is 4.79 Å². The molecule has 0 spiro atoms. The van der Waals surface area contributed by atoms with Crippen LogP contribution in [0.25, 0.3) is 0 Å². The summed E-state index contributed by atoms with van der Waals surface area (Å²) in [6.07, 6.45) is -0.345. The zero-order chi connectivity index (χ0) is 21.8. The molecule has 8 heteroatoms. The number of amides is 1. The van der Waals surface area contributed by atoms with Gasteiger partial charge in [-0.15, -0.1) is 0 Å². The third-order valence-corrected chi connectivity index (χ3v) is 9.06. The third-order valence-electron chi connectivity index (χ3n) is 4.52. The number of carbonyl (C=O) groups is 1. The van der Waals surface area contributed by atoms with Gasteiger partial charge in [-0.3, -0.25) is 0 Å². The van der Waals surface area contributed by atoms with Crippen molar-refractivity contribution in [2.24, 2.45) is 0 Å². The zero-order valence-electron chi connectivity index (χ0n) is 19.6. The van der Waals surface area contributed by atoms with E-state index < -0.39 is 13.9 Å². The van der Waals surface area contributed by atoms with Gasteiger partial charge in [-0.25, -0.2) is 4.79 Å². The van der Waals surface area contributed by atoms with Crippen molar-refractivity contribution in [3.63, 3.8) is 0 Å². The summed E-state index contributed by atoms with van der Waals surface area (Å²) in [5.74, 6) is 0. The van der Waals surface area contributed by atoms with E-state index in [0.29, 0.717) is 52.8 Å². The van der Waals surface area contributed by atoms with Crippen molar-refractivity contribution in [2.75, 3.05) is 59.8 Å². The second kappa shape index (κ2) is 12.8. The molecule has 0 aliphatic rings. The number of likely N-dealkylation sites (N-methyl/N-ethyl adjacent to an activating group) is 1. The van der Waals surface area contributed by atoms with E-state index in [1.54, 1.807) is 7.05 Å². The van der Waals surface area contributed by atoms with Crippen LogP contribution in [0.15, 0.2) is 0 Å². The van der Waals surface area contributed by atoms with Gasteiger partial charge in [0.05, 0.1) is 46.2 Å². The van der Waals surface area contributed by atoms with Crippen molar-refractivity contribution in [1.82, 2.24) is 4.90 Å². The Kier molecular flexibility index (Phi) is 12.5. The van der Waals surface area contributed by atoms with Crippen LogP contribution in [0.5, 0.6) is 0 Å². The SMILES string of the molecule is CN(CCOCCOCCOCCO[Si](C)(C)C(C)(C)C)C(=O)OC(C)(C)C. The first-order chi connectivity index (χ1) is 12.8. The molecule has 0 saturated heterocycles. The predicted molar refractivity (Wildman–Crippen MR) is 114 cm³/mol. The molecule has 0 aromatic rings. The fraction of sp³-hybridized carbons (Fsp3) is 0.950. The number of nitrogens with zero attached hydrogens (tertiary/aromatic N) is 1. The lowest BCUT2D eigenvalue weighted by molar-refractivity contribution is 0.00141. The number of rotatable bonds is 13. The summed E-state index contributed by atoms with van der Waals surface area (Å²) in [5.41, 5.74) is -0.487. The maximum Gasteiger partial charge on any atom is 0.410 e. The Morgan fingerprint density at radius 1 is 0.786 bits per heavy atom. The van der Waals surface area contributed by atoms with Gasteiger partial charge < -0.3 is 28.3 Å². The normalized spacial score (nSPS) is 12.9. The standard InChI is InChI=1S/C20H43NO6Si/c1-19(2,3)27-18(22)21(7)10-11-23-12-13-24-14-15-25-16-17-26-28(8,9)20(4,5)6/h10-17H2,1-9H3. The monoisotopic (exact) mass is 421 g/mol. The van der Waals surface area contributed by atoms with E-state index in [1.807, 2.05) is 20.8 Å². The Labute approximate surface area is 173 Å². The van der Waals surface area contributed by atoms with Crippen LogP contribution >= 0.6 is 0 Å². The lowest BCUT2D eigenvalue weighted by atomic mass is 10.2. The van der Waals surface area contributed by atoms with Gasteiger partial charge >= 0.3 is 6.09 Å². The summed E-state index contributed by atoms with van der Waals surface area (Å²) in [4.78, 5) is 13.3. The molecule has 7 nitrogen and oxygen atoms in total. The zero-order valence-corrected chi connectivity index (χ0v) is 20.6. The Morgan fingerprint density at radius 2 is 1.21 bits per heavy atom. The first kappa shape index (κ1) is 27.3. The Bertz CT molecular complexity index is 431. The predicted octanol–water partition coefficient (Wildman–Crippen LogP) is 3.92. The molecule has 0 bridgehead atoms. The number of hydrogen-bond acceptors (Lipinski definition) is 6. The lowest BCUT2D eigenvalue weighted by Crippen LogP contribution is -2.41. The van der Waals surface area contributed by atoms with Gasteiger partial charge in [-0.05, 0) is 38.9 Å². The minimum absolute atomic E-state index is 0.220. The van der Waals surface area contributed by atoms with Crippen LogP contribution in [0.1, 0.15) is 41.5 Å². The van der Waals surface area contributed by atoms with E-state index in [1.165, 1.54) is 4.90 Å². The van der Waals surface area contributed by atoms with Crippen LogP contribution in [0.4, 0.5) is 4.79 Å². The molecule has 0 fully saturated rings. The fourth-order valence-electron chi connectivity index (χ4n) is 1.75. The Balaban J connectivity index is 3.51. The molecular formula is C20H43NO6Si. The summed E-state index contributed by atoms with van der Waals surface area (Å²) < 4.78 is 27.8. The summed E-state index contributed by atoms with van der Waals surface area (Å²) in [5, 5.41) is 0.220. The van der Waals surface area contributed by atoms with Crippen molar-refractivity contribution >= 4 is 14.4 Å². The molecule has 0 saturated carbocycles. The maximum atomic E-state index is 11.8. The van der Waals surface area contributed by atoms with Crippen molar-refractivity contribution in [1.29, 1.82) is 0 Å². The van der Waals surface area contributed by atoms with E-state index in [-0.39, 0.29) is 11.1 Å². The molecular weight excluding hydrogens is 378 g/mol. The average Bonchev–Trinajstić information content (AvgIpc) is 2.52. The number of ether oxygens (including phenoxy) is 4. The summed E-state index contributed by atoms with van der Waals surface area (Å²) in [6, 6.07) is 0. The van der Waals surface area contributed by atoms with E-state index >= 15 is 0 Å². The van der Waals surface area contributed by atoms with Gasteiger partial charge in [0.2, 0.25) is 0 Å². The van der Waals surface area contributed by atoms with E-state index in [2.05, 4.69) is 33.9 Å². The van der Waals surface area contributed by atoms with Crippen LogP contribution in [-0.2, 0) is 23.4 Å². The van der Waals surface area contributed by atoms with Crippen molar-refractivity contribution in [3.05, 3.63) is 0 Å². The van der Waals surface area contributed by atoms with Gasteiger partial charge in [0.1, 0.15) is 5.60 Å². The second-order valence-electron chi connectivity index (χ2n) is 9.35. The van der Waals surface area contributed by atoms with Gasteiger partial charge in [-0.2, -0.15) is 0 Å². The molecule has 28 heavy (non-hydrogen) atoms. The molecule has 0 rings (SSSR count). The molecule has 0 N–H and O–H groups in total. The van der Waals surface area contributed by atoms with E-state index in [4.69, 9.17) is 23.4 Å². The van der Waals surface area contributed by atoms with Crippen LogP contribution in [0.2, 0.25) is 18.1 Å². The molecule has 0 atom stereocenters. The van der Waals surface area contributed by atoms with Gasteiger partial charge in [0.25, 0.3) is 0 Å². The van der Waals surface area contributed by atoms with Crippen molar-refractivity contribution < 1.29 is 28.2 Å². The smallest absolute Gasteiger partial charge is 0.410 e. The first-order valence-corrected chi connectivity index (χ1v) is 13.0. The number of carbonyl (C=O) groups excluding carboxylic acids is 1. The van der Waals surface area contributed by atoms with Crippen molar-refractivity contribution in [2.45, 2.75) is 65.3 Å². The quantitative estimate of drug-likeness (QED) is 0.332. The summed E-state index contributed by atoms with van der Waals surface area (Å²) >= 11 is 0. The largest absolute Gasteiger partial charge is 0.444 e. The van der Waals surface area contributed by atoms with E-state index in [0.717, 1.165) is 0 Å². The highest BCUT2D eigenvalue weighted by Crippen LogP contribution is 2.36. The maximum absolute atomic E-state index is 11.8. The summed E-state index contributed by atoms with van der Waals surface area (Å²) in [6.45, 7) is 20.9. The van der Waals surface area contributed by atoms with Crippen LogP contribution in [-0.4, -0.2) is 84.8 Å². The second-order valence-corrected chi connectivity index (χ2v) is 14.2. The van der Waals surface area contributed by atoms with Crippen molar-refractivity contribution in [3.8, 4) is 0 Å². The van der Waals surface area contributed by atoms with Gasteiger partial charge in [-0.1, -0.05) is 20.8 Å². The third kappa shape index (κ3) is 13.5. The molecule has 0 aliphatic heterocycles. The van der Waals surface area contributed by atoms with Gasteiger partial charge in [0, 0.05) is 13.6 Å².